The average Bonchev–Trinajstić information content (AvgIpc) is 2.38. The normalized spacial score (nSPS) is 18.9. The molecule has 4 heteroatoms. The summed E-state index contributed by atoms with van der Waals surface area (Å²) in [4.78, 5) is 6.02. The molecule has 17 heavy (non-hydrogen) atoms. The van der Waals surface area contributed by atoms with E-state index in [1.807, 2.05) is 12.1 Å². The molecule has 1 aromatic rings. The van der Waals surface area contributed by atoms with Gasteiger partial charge in [0, 0.05) is 44.0 Å². The summed E-state index contributed by atoms with van der Waals surface area (Å²) in [6.45, 7) is 7.55. The average molecular weight is 235 g/mol. The highest BCUT2D eigenvalue weighted by atomic mass is 19.1. The molecular weight excluding hydrogens is 217 g/mol. The molecule has 1 N–H and O–H groups in total. The molecule has 1 atom stereocenters. The Morgan fingerprint density at radius 2 is 2.29 bits per heavy atom. The van der Waals surface area contributed by atoms with Crippen molar-refractivity contribution in [2.45, 2.75) is 12.5 Å². The monoisotopic (exact) mass is 235 g/mol. The van der Waals surface area contributed by atoms with Crippen LogP contribution < -0.4 is 5.32 Å². The lowest BCUT2D eigenvalue weighted by Gasteiger charge is -2.34. The lowest BCUT2D eigenvalue weighted by atomic mass is 10.0. The van der Waals surface area contributed by atoms with Crippen LogP contribution in [0.4, 0.5) is 4.39 Å². The molecule has 2 rings (SSSR count). The molecule has 0 saturated carbocycles. The van der Waals surface area contributed by atoms with E-state index in [9.17, 15) is 4.39 Å². The predicted octanol–water partition coefficient (Wildman–Crippen LogP) is 1.74. The number of halogens is 1. The molecule has 92 valence electrons. The smallest absolute Gasteiger partial charge is 0.217 e. The van der Waals surface area contributed by atoms with Crippen LogP contribution in [0.3, 0.4) is 0 Å². The van der Waals surface area contributed by atoms with Crippen LogP contribution in [0.1, 0.15) is 18.0 Å². The maximum Gasteiger partial charge on any atom is 0.217 e. The van der Waals surface area contributed by atoms with Gasteiger partial charge >= 0.3 is 0 Å². The fourth-order valence-corrected chi connectivity index (χ4v) is 2.27. The summed E-state index contributed by atoms with van der Waals surface area (Å²) in [5.74, 6) is -0.363. The van der Waals surface area contributed by atoms with Crippen molar-refractivity contribution in [3.63, 3.8) is 0 Å². The van der Waals surface area contributed by atoms with Crippen LogP contribution in [-0.4, -0.2) is 36.1 Å². The van der Waals surface area contributed by atoms with Crippen LogP contribution in [0.25, 0.3) is 0 Å². The largest absolute Gasteiger partial charge is 0.314 e. The standard InChI is InChI=1S/C13H18FN3/c1-2-4-12(17-9-7-15-8-10-17)11-5-3-6-16-13(11)14/h2-3,5-6,12,15H,1,4,7-10H2/t12-/m0/s1. The number of rotatable bonds is 4. The van der Waals surface area contributed by atoms with Crippen molar-refractivity contribution in [3.8, 4) is 0 Å². The third kappa shape index (κ3) is 2.90. The number of pyridine rings is 1. The van der Waals surface area contributed by atoms with Crippen molar-refractivity contribution in [2.24, 2.45) is 0 Å². The van der Waals surface area contributed by atoms with E-state index in [1.54, 1.807) is 6.07 Å². The molecule has 0 unspecified atom stereocenters. The zero-order valence-corrected chi connectivity index (χ0v) is 9.90. The first-order valence-electron chi connectivity index (χ1n) is 5.99. The van der Waals surface area contributed by atoms with E-state index in [4.69, 9.17) is 0 Å². The fraction of sp³-hybridized carbons (Fsp3) is 0.462. The van der Waals surface area contributed by atoms with Gasteiger partial charge in [0.05, 0.1) is 0 Å². The summed E-state index contributed by atoms with van der Waals surface area (Å²) in [6.07, 6.45) is 4.09. The molecule has 0 amide bonds. The number of nitrogens with zero attached hydrogens (tertiary/aromatic N) is 2. The zero-order chi connectivity index (χ0) is 12.1. The van der Waals surface area contributed by atoms with E-state index in [0.717, 1.165) is 32.6 Å². The second kappa shape index (κ2) is 5.89. The van der Waals surface area contributed by atoms with Crippen molar-refractivity contribution in [2.75, 3.05) is 26.2 Å². The number of hydrogen-bond acceptors (Lipinski definition) is 3. The topological polar surface area (TPSA) is 28.2 Å². The predicted molar refractivity (Wildman–Crippen MR) is 66.2 cm³/mol. The Labute approximate surface area is 101 Å². The molecule has 0 spiro atoms. The number of hydrogen-bond donors (Lipinski definition) is 1. The Balaban J connectivity index is 2.21. The Kier molecular flexibility index (Phi) is 4.23. The summed E-state index contributed by atoms with van der Waals surface area (Å²) in [5, 5.41) is 3.30. The van der Waals surface area contributed by atoms with Crippen LogP contribution >= 0.6 is 0 Å². The van der Waals surface area contributed by atoms with E-state index in [2.05, 4.69) is 21.8 Å². The molecular formula is C13H18FN3. The van der Waals surface area contributed by atoms with E-state index in [-0.39, 0.29) is 12.0 Å². The van der Waals surface area contributed by atoms with Crippen LogP contribution in [0.2, 0.25) is 0 Å². The fourth-order valence-electron chi connectivity index (χ4n) is 2.27. The van der Waals surface area contributed by atoms with Crippen molar-refractivity contribution in [1.29, 1.82) is 0 Å². The van der Waals surface area contributed by atoms with E-state index in [0.29, 0.717) is 5.56 Å². The Morgan fingerprint density at radius 3 is 2.94 bits per heavy atom. The van der Waals surface area contributed by atoms with Crippen LogP contribution in [0.15, 0.2) is 31.0 Å². The minimum absolute atomic E-state index is 0.0586. The van der Waals surface area contributed by atoms with Gasteiger partial charge in [-0.3, -0.25) is 4.90 Å². The molecule has 1 fully saturated rings. The Bertz CT molecular complexity index is 375. The molecule has 1 aliphatic rings. The summed E-state index contributed by atoms with van der Waals surface area (Å²) < 4.78 is 13.7. The van der Waals surface area contributed by atoms with Crippen molar-refractivity contribution in [3.05, 3.63) is 42.5 Å². The quantitative estimate of drug-likeness (QED) is 0.636. The van der Waals surface area contributed by atoms with Crippen LogP contribution in [0.5, 0.6) is 0 Å². The first kappa shape index (κ1) is 12.2. The maximum absolute atomic E-state index is 13.7. The van der Waals surface area contributed by atoms with Gasteiger partial charge in [-0.05, 0) is 12.5 Å². The summed E-state index contributed by atoms with van der Waals surface area (Å²) in [7, 11) is 0. The van der Waals surface area contributed by atoms with Gasteiger partial charge in [-0.2, -0.15) is 4.39 Å². The second-order valence-corrected chi connectivity index (χ2v) is 4.21. The third-order valence-electron chi connectivity index (χ3n) is 3.13. The SMILES string of the molecule is C=CC[C@@H](c1cccnc1F)N1CCNCC1. The Morgan fingerprint density at radius 1 is 1.53 bits per heavy atom. The van der Waals surface area contributed by atoms with Crippen LogP contribution in [-0.2, 0) is 0 Å². The first-order chi connectivity index (χ1) is 8.33. The molecule has 1 saturated heterocycles. The van der Waals surface area contributed by atoms with Gasteiger partial charge in [-0.25, -0.2) is 4.98 Å². The van der Waals surface area contributed by atoms with Gasteiger partial charge in [0.2, 0.25) is 5.95 Å². The number of piperazine rings is 1. The zero-order valence-electron chi connectivity index (χ0n) is 9.90. The van der Waals surface area contributed by atoms with Gasteiger partial charge < -0.3 is 5.32 Å². The molecule has 3 nitrogen and oxygen atoms in total. The van der Waals surface area contributed by atoms with E-state index in [1.165, 1.54) is 6.20 Å². The summed E-state index contributed by atoms with van der Waals surface area (Å²) in [6, 6.07) is 3.66. The Hall–Kier alpha value is -1.26. The minimum Gasteiger partial charge on any atom is -0.314 e. The minimum atomic E-state index is -0.363. The summed E-state index contributed by atoms with van der Waals surface area (Å²) >= 11 is 0. The maximum atomic E-state index is 13.7. The van der Waals surface area contributed by atoms with Gasteiger partial charge in [0.15, 0.2) is 0 Å². The van der Waals surface area contributed by atoms with Gasteiger partial charge in [-0.15, -0.1) is 6.58 Å². The number of nitrogens with one attached hydrogen (secondary N) is 1. The molecule has 0 radical (unpaired) electrons. The van der Waals surface area contributed by atoms with Crippen molar-refractivity contribution < 1.29 is 4.39 Å². The summed E-state index contributed by atoms with van der Waals surface area (Å²) in [5.41, 5.74) is 0.675. The van der Waals surface area contributed by atoms with Crippen molar-refractivity contribution >= 4 is 0 Å². The van der Waals surface area contributed by atoms with Gasteiger partial charge in [0.1, 0.15) is 0 Å². The highest BCUT2D eigenvalue weighted by molar-refractivity contribution is 5.17. The van der Waals surface area contributed by atoms with Gasteiger partial charge in [-0.1, -0.05) is 12.1 Å². The molecule has 2 heterocycles. The first-order valence-corrected chi connectivity index (χ1v) is 5.99. The lowest BCUT2D eigenvalue weighted by molar-refractivity contribution is 0.170. The van der Waals surface area contributed by atoms with Crippen molar-refractivity contribution in [1.82, 2.24) is 15.2 Å². The highest BCUT2D eigenvalue weighted by Crippen LogP contribution is 2.26. The molecule has 0 aromatic carbocycles. The molecule has 0 bridgehead atoms. The van der Waals surface area contributed by atoms with Gasteiger partial charge in [0.25, 0.3) is 0 Å². The van der Waals surface area contributed by atoms with E-state index >= 15 is 0 Å². The van der Waals surface area contributed by atoms with E-state index < -0.39 is 0 Å². The third-order valence-corrected chi connectivity index (χ3v) is 3.13. The molecule has 0 aliphatic carbocycles. The molecule has 1 aromatic heterocycles. The lowest BCUT2D eigenvalue weighted by Crippen LogP contribution is -2.45. The molecule has 1 aliphatic heterocycles. The number of aromatic nitrogens is 1. The highest BCUT2D eigenvalue weighted by Gasteiger charge is 2.23. The second-order valence-electron chi connectivity index (χ2n) is 4.21. The van der Waals surface area contributed by atoms with Crippen LogP contribution in [0, 0.1) is 5.95 Å².